The second kappa shape index (κ2) is 8.14. The highest BCUT2D eigenvalue weighted by molar-refractivity contribution is 5.75. The number of hydrogen-bond donors (Lipinski definition) is 4. The van der Waals surface area contributed by atoms with Crippen molar-refractivity contribution in [1.29, 1.82) is 0 Å². The maximum absolute atomic E-state index is 14.0. The van der Waals surface area contributed by atoms with Crippen molar-refractivity contribution in [1.82, 2.24) is 14.5 Å². The molecule has 0 aliphatic carbocycles. The molecule has 0 aliphatic rings. The number of ether oxygens (including phenoxy) is 1. The molecule has 0 radical (unpaired) electrons. The van der Waals surface area contributed by atoms with E-state index in [4.69, 9.17) is 16.2 Å². The molecule has 0 bridgehead atoms. The van der Waals surface area contributed by atoms with Crippen LogP contribution in [0.5, 0.6) is 5.75 Å². The summed E-state index contributed by atoms with van der Waals surface area (Å²) >= 11 is 0. The van der Waals surface area contributed by atoms with Gasteiger partial charge >= 0.3 is 11.4 Å². The van der Waals surface area contributed by atoms with Gasteiger partial charge in [0.1, 0.15) is 0 Å². The lowest BCUT2D eigenvalue weighted by Gasteiger charge is -2.12. The predicted molar refractivity (Wildman–Crippen MR) is 95.2 cm³/mol. The van der Waals surface area contributed by atoms with Gasteiger partial charge in [-0.1, -0.05) is 0 Å². The number of aromatic nitrogens is 3. The summed E-state index contributed by atoms with van der Waals surface area (Å²) in [6.45, 7) is 3.59. The molecule has 2 aromatic rings. The number of H-pyrrole nitrogens is 1. The molecule has 2 rings (SSSR count). The van der Waals surface area contributed by atoms with E-state index < -0.39 is 17.2 Å². The van der Waals surface area contributed by atoms with Crippen molar-refractivity contribution in [2.75, 3.05) is 11.9 Å². The molecule has 1 aromatic heterocycles. The second-order valence-electron chi connectivity index (χ2n) is 5.57. The Bertz CT molecular complexity index is 885. The standard InChI is InChI=1S/C15H20FN7O3/c1-8(2)26-11-4-3-9(7-10(11)16)20-13-21-14(24)23(15(25)22-13)6-5-19-12(17)18/h3-4,7-8H,5-6H2,1-2H3,(H4,17,18,19)(H2,20,21,22,24,25). The third kappa shape index (κ3) is 5.06. The molecule has 0 unspecified atom stereocenters. The molecule has 11 heteroatoms. The SMILES string of the molecule is CC(C)Oc1ccc(Nc2nc(=O)n(CCN=C(N)N)c(=O)[nH]2)cc1F. The highest BCUT2D eigenvalue weighted by Gasteiger charge is 2.09. The van der Waals surface area contributed by atoms with E-state index >= 15 is 0 Å². The van der Waals surface area contributed by atoms with Crippen LogP contribution >= 0.6 is 0 Å². The fourth-order valence-corrected chi connectivity index (χ4v) is 2.04. The van der Waals surface area contributed by atoms with E-state index in [0.717, 1.165) is 4.57 Å². The first-order chi connectivity index (χ1) is 12.3. The molecule has 0 spiro atoms. The van der Waals surface area contributed by atoms with Crippen LogP contribution in [0.25, 0.3) is 0 Å². The van der Waals surface area contributed by atoms with Gasteiger partial charge in [-0.15, -0.1) is 0 Å². The number of halogens is 1. The molecular formula is C15H20FN7O3. The van der Waals surface area contributed by atoms with Gasteiger partial charge in [-0.2, -0.15) is 4.98 Å². The first kappa shape index (κ1) is 19.0. The molecule has 0 saturated heterocycles. The van der Waals surface area contributed by atoms with Gasteiger partial charge < -0.3 is 21.5 Å². The van der Waals surface area contributed by atoms with Crippen molar-refractivity contribution in [2.24, 2.45) is 16.5 Å². The molecule has 140 valence electrons. The molecule has 0 amide bonds. The Balaban J connectivity index is 2.18. The van der Waals surface area contributed by atoms with E-state index in [1.165, 1.54) is 18.2 Å². The van der Waals surface area contributed by atoms with Gasteiger partial charge in [0.05, 0.1) is 19.2 Å². The second-order valence-corrected chi connectivity index (χ2v) is 5.57. The summed E-state index contributed by atoms with van der Waals surface area (Å²) in [6, 6.07) is 4.14. The zero-order valence-corrected chi connectivity index (χ0v) is 14.3. The smallest absolute Gasteiger partial charge is 0.354 e. The number of hydrogen-bond acceptors (Lipinski definition) is 6. The number of nitrogens with two attached hydrogens (primary N) is 2. The van der Waals surface area contributed by atoms with E-state index in [2.05, 4.69) is 20.3 Å². The summed E-state index contributed by atoms with van der Waals surface area (Å²) in [5, 5.41) is 2.67. The average Bonchev–Trinajstić information content (AvgIpc) is 2.52. The Hall–Kier alpha value is -3.37. The summed E-state index contributed by atoms with van der Waals surface area (Å²) in [4.78, 5) is 33.7. The first-order valence-electron chi connectivity index (χ1n) is 7.76. The molecule has 26 heavy (non-hydrogen) atoms. The number of nitrogens with one attached hydrogen (secondary N) is 2. The van der Waals surface area contributed by atoms with Crippen molar-refractivity contribution in [3.05, 3.63) is 45.0 Å². The minimum Gasteiger partial charge on any atom is -0.488 e. The maximum Gasteiger partial charge on any atom is 0.354 e. The lowest BCUT2D eigenvalue weighted by atomic mass is 10.3. The summed E-state index contributed by atoms with van der Waals surface area (Å²) in [6.07, 6.45) is -0.173. The minimum atomic E-state index is -0.790. The normalized spacial score (nSPS) is 10.6. The zero-order chi connectivity index (χ0) is 19.3. The molecule has 1 heterocycles. The third-order valence-corrected chi connectivity index (χ3v) is 3.08. The van der Waals surface area contributed by atoms with Gasteiger partial charge in [0, 0.05) is 11.8 Å². The lowest BCUT2D eigenvalue weighted by Crippen LogP contribution is -2.38. The summed E-state index contributed by atoms with van der Waals surface area (Å²) in [5.41, 5.74) is 9.17. The van der Waals surface area contributed by atoms with Crippen LogP contribution in [0.3, 0.4) is 0 Å². The van der Waals surface area contributed by atoms with Crippen LogP contribution < -0.4 is 32.9 Å². The number of rotatable bonds is 7. The van der Waals surface area contributed by atoms with Gasteiger partial charge in [0.15, 0.2) is 17.5 Å². The Labute approximate surface area is 147 Å². The highest BCUT2D eigenvalue weighted by Crippen LogP contribution is 2.23. The van der Waals surface area contributed by atoms with E-state index in [-0.39, 0.29) is 36.9 Å². The Kier molecular flexibility index (Phi) is 5.94. The molecule has 0 saturated carbocycles. The van der Waals surface area contributed by atoms with Crippen molar-refractivity contribution in [3.63, 3.8) is 0 Å². The Morgan fingerprint density at radius 2 is 2.15 bits per heavy atom. The quantitative estimate of drug-likeness (QED) is 0.394. The van der Waals surface area contributed by atoms with E-state index in [0.29, 0.717) is 5.69 Å². The predicted octanol–water partition coefficient (Wildman–Crippen LogP) is -0.125. The van der Waals surface area contributed by atoms with Crippen LogP contribution in [0.1, 0.15) is 13.8 Å². The van der Waals surface area contributed by atoms with Crippen LogP contribution in [0.4, 0.5) is 16.0 Å². The number of aliphatic imine (C=N–C) groups is 1. The summed E-state index contributed by atoms with van der Waals surface area (Å²) in [7, 11) is 0. The van der Waals surface area contributed by atoms with Crippen LogP contribution in [0.15, 0.2) is 32.8 Å². The molecule has 0 atom stereocenters. The largest absolute Gasteiger partial charge is 0.488 e. The maximum atomic E-state index is 14.0. The fraction of sp³-hybridized carbons (Fsp3) is 0.333. The molecular weight excluding hydrogens is 345 g/mol. The van der Waals surface area contributed by atoms with Gasteiger partial charge in [-0.25, -0.2) is 18.5 Å². The number of anilines is 2. The summed E-state index contributed by atoms with van der Waals surface area (Å²) < 4.78 is 20.1. The van der Waals surface area contributed by atoms with Crippen molar-refractivity contribution in [2.45, 2.75) is 26.5 Å². The number of aromatic amines is 1. The van der Waals surface area contributed by atoms with E-state index in [1.54, 1.807) is 13.8 Å². The molecule has 0 fully saturated rings. The van der Waals surface area contributed by atoms with Crippen molar-refractivity contribution < 1.29 is 9.13 Å². The van der Waals surface area contributed by atoms with E-state index in [9.17, 15) is 14.0 Å². The van der Waals surface area contributed by atoms with Crippen LogP contribution in [-0.2, 0) is 6.54 Å². The molecule has 6 N–H and O–H groups in total. The zero-order valence-electron chi connectivity index (χ0n) is 14.3. The average molecular weight is 365 g/mol. The molecule has 1 aromatic carbocycles. The number of nitrogens with zero attached hydrogens (tertiary/aromatic N) is 3. The number of benzene rings is 1. The minimum absolute atomic E-state index is 0.0325. The van der Waals surface area contributed by atoms with Gasteiger partial charge in [-0.05, 0) is 26.0 Å². The third-order valence-electron chi connectivity index (χ3n) is 3.08. The van der Waals surface area contributed by atoms with Gasteiger partial charge in [0.2, 0.25) is 5.95 Å². The van der Waals surface area contributed by atoms with E-state index in [1.807, 2.05) is 0 Å². The van der Waals surface area contributed by atoms with Gasteiger partial charge in [0.25, 0.3) is 0 Å². The first-order valence-corrected chi connectivity index (χ1v) is 7.76. The van der Waals surface area contributed by atoms with Crippen molar-refractivity contribution >= 4 is 17.6 Å². The fourth-order valence-electron chi connectivity index (χ4n) is 2.04. The summed E-state index contributed by atoms with van der Waals surface area (Å²) in [5.74, 6) is -0.749. The van der Waals surface area contributed by atoms with Crippen LogP contribution in [0, 0.1) is 5.82 Å². The van der Waals surface area contributed by atoms with Gasteiger partial charge in [-0.3, -0.25) is 9.98 Å². The molecule has 0 aliphatic heterocycles. The monoisotopic (exact) mass is 365 g/mol. The Morgan fingerprint density at radius 1 is 1.42 bits per heavy atom. The topological polar surface area (TPSA) is 153 Å². The highest BCUT2D eigenvalue weighted by atomic mass is 19.1. The van der Waals surface area contributed by atoms with Crippen LogP contribution in [-0.4, -0.2) is 33.1 Å². The lowest BCUT2D eigenvalue weighted by molar-refractivity contribution is 0.231. The Morgan fingerprint density at radius 3 is 2.73 bits per heavy atom. The van der Waals surface area contributed by atoms with Crippen molar-refractivity contribution in [3.8, 4) is 5.75 Å². The molecule has 10 nitrogen and oxygen atoms in total. The number of guanidine groups is 1. The van der Waals surface area contributed by atoms with Crippen LogP contribution in [0.2, 0.25) is 0 Å².